The Kier molecular flexibility index (Phi) is 6.17. The maximum atomic E-state index is 14.5. The van der Waals surface area contributed by atoms with Gasteiger partial charge in [0, 0.05) is 25.1 Å². The number of imide groups is 1. The Balaban J connectivity index is 1.43. The molecule has 174 valence electrons. The van der Waals surface area contributed by atoms with Gasteiger partial charge < -0.3 is 10.4 Å². The number of nitrogens with one attached hydrogen (secondary N) is 2. The van der Waals surface area contributed by atoms with Crippen molar-refractivity contribution in [3.8, 4) is 0 Å². The molecule has 3 N–H and O–H groups in total. The number of alkyl halides is 2. The number of benzene rings is 2. The lowest BCUT2D eigenvalue weighted by atomic mass is 10.0. The Morgan fingerprint density at radius 3 is 2.70 bits per heavy atom. The lowest BCUT2D eigenvalue weighted by Gasteiger charge is -2.31. The van der Waals surface area contributed by atoms with Gasteiger partial charge in [-0.1, -0.05) is 29.8 Å². The molecule has 0 aromatic heterocycles. The SMILES string of the molecule is O=C1CCC(N2Cc3cc(CNC(=O)C(F)(F)c4ccc(F)c(Cl)c4)ccc3C2O)C(=O)N1. The topological polar surface area (TPSA) is 98.7 Å². The van der Waals surface area contributed by atoms with Gasteiger partial charge in [-0.2, -0.15) is 8.78 Å². The zero-order valence-electron chi connectivity index (χ0n) is 17.1. The first kappa shape index (κ1) is 23.2. The highest BCUT2D eigenvalue weighted by molar-refractivity contribution is 6.30. The molecule has 3 amide bonds. The van der Waals surface area contributed by atoms with Crippen LogP contribution in [0.4, 0.5) is 13.2 Å². The van der Waals surface area contributed by atoms with Crippen molar-refractivity contribution in [2.45, 2.75) is 44.1 Å². The van der Waals surface area contributed by atoms with Gasteiger partial charge in [0.25, 0.3) is 5.91 Å². The second-order valence-electron chi connectivity index (χ2n) is 7.93. The normalized spacial score (nSPS) is 21.0. The molecule has 0 spiro atoms. The molecule has 0 aliphatic carbocycles. The van der Waals surface area contributed by atoms with Crippen LogP contribution >= 0.6 is 11.6 Å². The minimum absolute atomic E-state index is 0.167. The predicted octanol–water partition coefficient (Wildman–Crippen LogP) is 2.50. The predicted molar refractivity (Wildman–Crippen MR) is 110 cm³/mol. The average molecular weight is 482 g/mol. The number of piperidine rings is 1. The number of carbonyl (C=O) groups excluding carboxylic acids is 3. The molecule has 11 heteroatoms. The molecule has 2 aromatic rings. The van der Waals surface area contributed by atoms with Gasteiger partial charge in [0.05, 0.1) is 11.1 Å². The van der Waals surface area contributed by atoms with Crippen LogP contribution in [0, 0.1) is 5.82 Å². The van der Waals surface area contributed by atoms with Crippen molar-refractivity contribution >= 4 is 29.3 Å². The molecule has 2 unspecified atom stereocenters. The van der Waals surface area contributed by atoms with Crippen molar-refractivity contribution in [3.05, 3.63) is 69.5 Å². The third kappa shape index (κ3) is 4.46. The van der Waals surface area contributed by atoms with Crippen molar-refractivity contribution in [1.29, 1.82) is 0 Å². The van der Waals surface area contributed by atoms with Crippen molar-refractivity contribution in [2.75, 3.05) is 0 Å². The van der Waals surface area contributed by atoms with E-state index < -0.39 is 46.4 Å². The largest absolute Gasteiger partial charge is 0.374 e. The molecule has 2 heterocycles. The summed E-state index contributed by atoms with van der Waals surface area (Å²) >= 11 is 5.54. The Labute approximate surface area is 191 Å². The van der Waals surface area contributed by atoms with Gasteiger partial charge in [-0.3, -0.25) is 24.6 Å². The van der Waals surface area contributed by atoms with E-state index in [4.69, 9.17) is 11.6 Å². The zero-order valence-corrected chi connectivity index (χ0v) is 17.8. The molecule has 0 saturated carbocycles. The van der Waals surface area contributed by atoms with Gasteiger partial charge >= 0.3 is 5.92 Å². The van der Waals surface area contributed by atoms with Crippen LogP contribution in [-0.2, 0) is 33.4 Å². The summed E-state index contributed by atoms with van der Waals surface area (Å²) in [5, 5.41) is 14.5. The van der Waals surface area contributed by atoms with E-state index in [1.807, 2.05) is 0 Å². The van der Waals surface area contributed by atoms with Crippen LogP contribution in [0.25, 0.3) is 0 Å². The molecule has 1 saturated heterocycles. The smallest absolute Gasteiger partial charge is 0.349 e. The molecule has 33 heavy (non-hydrogen) atoms. The Bertz CT molecular complexity index is 1140. The molecule has 0 bridgehead atoms. The third-order valence-corrected chi connectivity index (χ3v) is 6.07. The Morgan fingerprint density at radius 1 is 1.24 bits per heavy atom. The summed E-state index contributed by atoms with van der Waals surface area (Å²) in [6.07, 6.45) is -0.609. The van der Waals surface area contributed by atoms with E-state index in [9.17, 15) is 32.7 Å². The number of carbonyl (C=O) groups is 3. The fraction of sp³-hybridized carbons (Fsp3) is 0.318. The van der Waals surface area contributed by atoms with Crippen molar-refractivity contribution in [2.24, 2.45) is 0 Å². The van der Waals surface area contributed by atoms with Crippen molar-refractivity contribution in [1.82, 2.24) is 15.5 Å². The van der Waals surface area contributed by atoms with Gasteiger partial charge in [-0.15, -0.1) is 0 Å². The minimum atomic E-state index is -3.92. The summed E-state index contributed by atoms with van der Waals surface area (Å²) in [5.74, 6) is -7.21. The maximum absolute atomic E-state index is 14.5. The standard InChI is InChI=1S/C22H19ClF3N3O4/c23-15-8-13(2-4-16(15)24)22(25,26)21(33)27-9-11-1-3-14-12(7-11)10-29(20(14)32)17-5-6-18(30)28-19(17)31/h1-4,7-8,17,20,32H,5-6,9-10H2,(H,27,33)(H,28,30,31). The molecule has 2 aromatic carbocycles. The quantitative estimate of drug-likeness (QED) is 0.570. The van der Waals surface area contributed by atoms with Gasteiger partial charge in [-0.25, -0.2) is 4.39 Å². The maximum Gasteiger partial charge on any atom is 0.349 e. The Morgan fingerprint density at radius 2 is 2.00 bits per heavy atom. The summed E-state index contributed by atoms with van der Waals surface area (Å²) in [6, 6.07) is 6.41. The van der Waals surface area contributed by atoms with Crippen LogP contribution in [0.1, 0.15) is 41.3 Å². The first-order chi connectivity index (χ1) is 15.6. The Hall–Kier alpha value is -2.95. The van der Waals surface area contributed by atoms with Crippen LogP contribution in [-0.4, -0.2) is 33.8 Å². The fourth-order valence-electron chi connectivity index (χ4n) is 4.01. The fourth-order valence-corrected chi connectivity index (χ4v) is 4.20. The molecule has 2 aliphatic rings. The number of amides is 3. The second kappa shape index (κ2) is 8.77. The summed E-state index contributed by atoms with van der Waals surface area (Å²) < 4.78 is 42.2. The highest BCUT2D eigenvalue weighted by atomic mass is 35.5. The number of hydrogen-bond donors (Lipinski definition) is 3. The number of aliphatic hydroxyl groups excluding tert-OH is 1. The van der Waals surface area contributed by atoms with Crippen molar-refractivity contribution < 1.29 is 32.7 Å². The first-order valence-electron chi connectivity index (χ1n) is 10.1. The molecule has 7 nitrogen and oxygen atoms in total. The summed E-state index contributed by atoms with van der Waals surface area (Å²) in [7, 11) is 0. The average Bonchev–Trinajstić information content (AvgIpc) is 3.09. The number of hydrogen-bond acceptors (Lipinski definition) is 5. The van der Waals surface area contributed by atoms with Crippen LogP contribution in [0.2, 0.25) is 5.02 Å². The van der Waals surface area contributed by atoms with Crippen molar-refractivity contribution in [3.63, 3.8) is 0 Å². The van der Waals surface area contributed by atoms with Crippen LogP contribution in [0.15, 0.2) is 36.4 Å². The molecular formula is C22H19ClF3N3O4. The van der Waals surface area contributed by atoms with E-state index in [-0.39, 0.29) is 31.8 Å². The van der Waals surface area contributed by atoms with E-state index in [1.165, 1.54) is 0 Å². The molecular weight excluding hydrogens is 463 g/mol. The lowest BCUT2D eigenvalue weighted by molar-refractivity contribution is -0.147. The van der Waals surface area contributed by atoms with Gasteiger partial charge in [0.1, 0.15) is 12.0 Å². The van der Waals surface area contributed by atoms with E-state index in [1.54, 1.807) is 23.1 Å². The molecule has 2 atom stereocenters. The number of rotatable bonds is 5. The molecule has 4 rings (SSSR count). The number of halogens is 4. The third-order valence-electron chi connectivity index (χ3n) is 5.78. The van der Waals surface area contributed by atoms with E-state index in [0.717, 1.165) is 12.1 Å². The summed E-state index contributed by atoms with van der Waals surface area (Å²) in [6.45, 7) is -0.0000558. The van der Waals surface area contributed by atoms with Crippen LogP contribution in [0.3, 0.4) is 0 Å². The summed E-state index contributed by atoms with van der Waals surface area (Å²) in [5.41, 5.74) is 1.01. The van der Waals surface area contributed by atoms with E-state index in [0.29, 0.717) is 22.8 Å². The molecule has 0 radical (unpaired) electrons. The van der Waals surface area contributed by atoms with Gasteiger partial charge in [0.2, 0.25) is 11.8 Å². The monoisotopic (exact) mass is 481 g/mol. The molecule has 2 aliphatic heterocycles. The van der Waals surface area contributed by atoms with Crippen LogP contribution < -0.4 is 10.6 Å². The number of fused-ring (bicyclic) bond motifs is 1. The zero-order chi connectivity index (χ0) is 23.9. The van der Waals surface area contributed by atoms with Gasteiger partial charge in [-0.05, 0) is 41.3 Å². The van der Waals surface area contributed by atoms with E-state index in [2.05, 4.69) is 10.6 Å². The first-order valence-corrected chi connectivity index (χ1v) is 10.5. The van der Waals surface area contributed by atoms with Crippen LogP contribution in [0.5, 0.6) is 0 Å². The molecule has 1 fully saturated rings. The highest BCUT2D eigenvalue weighted by Crippen LogP contribution is 2.36. The minimum Gasteiger partial charge on any atom is -0.374 e. The second-order valence-corrected chi connectivity index (χ2v) is 8.34. The number of nitrogens with zero attached hydrogens (tertiary/aromatic N) is 1. The lowest BCUT2D eigenvalue weighted by Crippen LogP contribution is -2.51. The van der Waals surface area contributed by atoms with E-state index >= 15 is 0 Å². The van der Waals surface area contributed by atoms with Gasteiger partial charge in [0.15, 0.2) is 0 Å². The summed E-state index contributed by atoms with van der Waals surface area (Å²) in [4.78, 5) is 37.2. The highest BCUT2D eigenvalue weighted by Gasteiger charge is 2.42. The number of aliphatic hydroxyl groups is 1.